The molecule has 0 aromatic rings. The van der Waals surface area contributed by atoms with E-state index in [0.717, 1.165) is 19.3 Å². The molecule has 0 radical (unpaired) electrons. The fourth-order valence-corrected chi connectivity index (χ4v) is 2.02. The van der Waals surface area contributed by atoms with E-state index in [9.17, 15) is 4.79 Å². The first-order valence-electron chi connectivity index (χ1n) is 5.04. The molecule has 1 aliphatic carbocycles. The summed E-state index contributed by atoms with van der Waals surface area (Å²) in [6.45, 7) is 0. The van der Waals surface area contributed by atoms with E-state index in [1.807, 2.05) is 0 Å². The molecule has 1 rings (SSSR count). The summed E-state index contributed by atoms with van der Waals surface area (Å²) in [4.78, 5) is 10.9. The van der Waals surface area contributed by atoms with Crippen molar-refractivity contribution in [3.63, 3.8) is 0 Å². The van der Waals surface area contributed by atoms with E-state index in [-0.39, 0.29) is 18.4 Å². The second kappa shape index (κ2) is 7.07. The molecule has 1 saturated carbocycles. The first-order valence-corrected chi connectivity index (χ1v) is 5.04. The number of nitrogens with two attached hydrogens (primary N) is 1. The average Bonchev–Trinajstić information content (AvgIpc) is 2.14. The molecule has 2 atom stereocenters. The molecule has 2 unspecified atom stereocenters. The molecule has 0 spiro atoms. The highest BCUT2D eigenvalue weighted by Crippen LogP contribution is 2.26. The van der Waals surface area contributed by atoms with Gasteiger partial charge in [0.25, 0.3) is 0 Å². The van der Waals surface area contributed by atoms with Crippen molar-refractivity contribution in [2.45, 2.75) is 44.6 Å². The van der Waals surface area contributed by atoms with Gasteiger partial charge in [-0.25, -0.2) is 0 Å². The highest BCUT2D eigenvalue weighted by Gasteiger charge is 2.19. The first-order chi connectivity index (χ1) is 6.22. The maximum Gasteiger partial charge on any atom is 0.305 e. The third-order valence-electron chi connectivity index (χ3n) is 2.81. The second-order valence-corrected chi connectivity index (χ2v) is 3.91. The predicted molar refractivity (Wildman–Crippen MR) is 58.4 cm³/mol. The van der Waals surface area contributed by atoms with Crippen LogP contribution >= 0.6 is 12.4 Å². The zero-order valence-electron chi connectivity index (χ0n) is 8.70. The maximum atomic E-state index is 10.9. The maximum absolute atomic E-state index is 10.9. The lowest BCUT2D eigenvalue weighted by Gasteiger charge is -2.26. The van der Waals surface area contributed by atoms with Crippen LogP contribution in [0.1, 0.15) is 38.5 Å². The SMILES string of the molecule is COC(=O)CCC1CCCC(N)C1.Cl. The van der Waals surface area contributed by atoms with E-state index in [1.54, 1.807) is 0 Å². The lowest BCUT2D eigenvalue weighted by Crippen LogP contribution is -2.28. The number of esters is 1. The molecule has 0 aromatic carbocycles. The Labute approximate surface area is 91.8 Å². The van der Waals surface area contributed by atoms with E-state index >= 15 is 0 Å². The van der Waals surface area contributed by atoms with Crippen LogP contribution < -0.4 is 5.73 Å². The van der Waals surface area contributed by atoms with Crippen molar-refractivity contribution in [1.82, 2.24) is 0 Å². The summed E-state index contributed by atoms with van der Waals surface area (Å²) in [5, 5.41) is 0. The van der Waals surface area contributed by atoms with Crippen LogP contribution in [0.4, 0.5) is 0 Å². The second-order valence-electron chi connectivity index (χ2n) is 3.91. The van der Waals surface area contributed by atoms with Gasteiger partial charge >= 0.3 is 5.97 Å². The molecule has 0 amide bonds. The van der Waals surface area contributed by atoms with Crippen LogP contribution in [-0.4, -0.2) is 19.1 Å². The largest absolute Gasteiger partial charge is 0.469 e. The lowest BCUT2D eigenvalue weighted by atomic mass is 9.83. The molecule has 0 heterocycles. The molecular weight excluding hydrogens is 202 g/mol. The van der Waals surface area contributed by atoms with E-state index in [0.29, 0.717) is 18.4 Å². The topological polar surface area (TPSA) is 52.3 Å². The summed E-state index contributed by atoms with van der Waals surface area (Å²) in [5.74, 6) is 0.544. The molecule has 84 valence electrons. The van der Waals surface area contributed by atoms with Gasteiger partial charge in [-0.1, -0.05) is 12.8 Å². The number of methoxy groups -OCH3 is 1. The molecular formula is C10H20ClNO2. The number of hydrogen-bond donors (Lipinski definition) is 1. The van der Waals surface area contributed by atoms with Gasteiger partial charge in [-0.3, -0.25) is 4.79 Å². The fourth-order valence-electron chi connectivity index (χ4n) is 2.02. The molecule has 1 aliphatic rings. The average molecular weight is 222 g/mol. The minimum Gasteiger partial charge on any atom is -0.469 e. The number of rotatable bonds is 3. The highest BCUT2D eigenvalue weighted by molar-refractivity contribution is 5.85. The summed E-state index contributed by atoms with van der Waals surface area (Å²) in [6.07, 6.45) is 6.16. The number of carbonyl (C=O) groups excluding carboxylic acids is 1. The van der Waals surface area contributed by atoms with Crippen molar-refractivity contribution < 1.29 is 9.53 Å². The third-order valence-corrected chi connectivity index (χ3v) is 2.81. The number of hydrogen-bond acceptors (Lipinski definition) is 3. The van der Waals surface area contributed by atoms with Gasteiger partial charge < -0.3 is 10.5 Å². The van der Waals surface area contributed by atoms with Crippen molar-refractivity contribution in [2.75, 3.05) is 7.11 Å². The number of halogens is 1. The van der Waals surface area contributed by atoms with E-state index in [4.69, 9.17) is 5.73 Å². The lowest BCUT2D eigenvalue weighted by molar-refractivity contribution is -0.141. The van der Waals surface area contributed by atoms with Crippen LogP contribution in [-0.2, 0) is 9.53 Å². The Bertz CT molecular complexity index is 176. The van der Waals surface area contributed by atoms with Gasteiger partial charge in [0.1, 0.15) is 0 Å². The third kappa shape index (κ3) is 4.82. The smallest absolute Gasteiger partial charge is 0.305 e. The van der Waals surface area contributed by atoms with Crippen molar-refractivity contribution in [3.05, 3.63) is 0 Å². The fraction of sp³-hybridized carbons (Fsp3) is 0.900. The summed E-state index contributed by atoms with van der Waals surface area (Å²) >= 11 is 0. The minimum atomic E-state index is -0.0980. The molecule has 0 aromatic heterocycles. The van der Waals surface area contributed by atoms with Gasteiger partial charge in [-0.15, -0.1) is 12.4 Å². The Kier molecular flexibility index (Phi) is 6.93. The van der Waals surface area contributed by atoms with Crippen molar-refractivity contribution in [3.8, 4) is 0 Å². The Balaban J connectivity index is 0.00000169. The van der Waals surface area contributed by atoms with E-state index < -0.39 is 0 Å². The summed E-state index contributed by atoms with van der Waals surface area (Å²) in [7, 11) is 1.44. The van der Waals surface area contributed by atoms with E-state index in [1.165, 1.54) is 20.0 Å². The molecule has 14 heavy (non-hydrogen) atoms. The number of carbonyl (C=O) groups is 1. The zero-order valence-corrected chi connectivity index (χ0v) is 9.52. The Morgan fingerprint density at radius 3 is 2.79 bits per heavy atom. The normalized spacial score (nSPS) is 26.4. The van der Waals surface area contributed by atoms with Gasteiger partial charge in [0.05, 0.1) is 7.11 Å². The first kappa shape index (κ1) is 13.7. The molecule has 0 bridgehead atoms. The zero-order chi connectivity index (χ0) is 9.68. The van der Waals surface area contributed by atoms with Gasteiger partial charge in [-0.05, 0) is 25.2 Å². The number of ether oxygens (including phenoxy) is 1. The van der Waals surface area contributed by atoms with E-state index in [2.05, 4.69) is 4.74 Å². The van der Waals surface area contributed by atoms with Crippen molar-refractivity contribution in [2.24, 2.45) is 11.7 Å². The van der Waals surface area contributed by atoms with Crippen LogP contribution in [0.3, 0.4) is 0 Å². The van der Waals surface area contributed by atoms with Crippen molar-refractivity contribution in [1.29, 1.82) is 0 Å². The van der Waals surface area contributed by atoms with Crippen LogP contribution in [0.5, 0.6) is 0 Å². The van der Waals surface area contributed by atoms with Crippen LogP contribution in [0.15, 0.2) is 0 Å². The molecule has 3 nitrogen and oxygen atoms in total. The summed E-state index contributed by atoms with van der Waals surface area (Å²) < 4.78 is 4.60. The molecule has 1 fully saturated rings. The summed E-state index contributed by atoms with van der Waals surface area (Å²) in [6, 6.07) is 0.358. The monoisotopic (exact) mass is 221 g/mol. The van der Waals surface area contributed by atoms with Crippen molar-refractivity contribution >= 4 is 18.4 Å². The van der Waals surface area contributed by atoms with Gasteiger partial charge in [0.2, 0.25) is 0 Å². The highest BCUT2D eigenvalue weighted by atomic mass is 35.5. The van der Waals surface area contributed by atoms with Crippen LogP contribution in [0, 0.1) is 5.92 Å². The molecule has 4 heteroatoms. The predicted octanol–water partition coefficient (Wildman–Crippen LogP) is 1.88. The molecule has 2 N–H and O–H groups in total. The van der Waals surface area contributed by atoms with Gasteiger partial charge in [-0.2, -0.15) is 0 Å². The Morgan fingerprint density at radius 2 is 2.21 bits per heavy atom. The Hall–Kier alpha value is -0.280. The van der Waals surface area contributed by atoms with Gasteiger partial charge in [0, 0.05) is 12.5 Å². The quantitative estimate of drug-likeness (QED) is 0.741. The van der Waals surface area contributed by atoms with Crippen LogP contribution in [0.2, 0.25) is 0 Å². The van der Waals surface area contributed by atoms with Crippen LogP contribution in [0.25, 0.3) is 0 Å². The van der Waals surface area contributed by atoms with Gasteiger partial charge in [0.15, 0.2) is 0 Å². The minimum absolute atomic E-state index is 0. The molecule has 0 saturated heterocycles. The summed E-state index contributed by atoms with van der Waals surface area (Å²) in [5.41, 5.74) is 5.85. The standard InChI is InChI=1S/C10H19NO2.ClH/c1-13-10(12)6-5-8-3-2-4-9(11)7-8;/h8-9H,2-7,11H2,1H3;1H. The Morgan fingerprint density at radius 1 is 1.50 bits per heavy atom. The molecule has 0 aliphatic heterocycles.